The maximum absolute atomic E-state index is 12.3. The Morgan fingerprint density at radius 3 is 2.67 bits per heavy atom. The molecule has 2 atom stereocenters. The van der Waals surface area contributed by atoms with E-state index >= 15 is 0 Å². The van der Waals surface area contributed by atoms with E-state index in [0.29, 0.717) is 17.1 Å². The summed E-state index contributed by atoms with van der Waals surface area (Å²) in [4.78, 5) is 24.3. The van der Waals surface area contributed by atoms with Gasteiger partial charge in [0.05, 0.1) is 11.0 Å². The molecule has 4 rings (SSSR count). The van der Waals surface area contributed by atoms with Crippen molar-refractivity contribution >= 4 is 39.7 Å². The lowest BCUT2D eigenvalue weighted by atomic mass is 9.93. The lowest BCUT2D eigenvalue weighted by Crippen LogP contribution is -2.56. The summed E-state index contributed by atoms with van der Waals surface area (Å²) in [5.41, 5.74) is 1.65. The Kier molecular flexibility index (Phi) is 4.59. The van der Waals surface area contributed by atoms with Crippen LogP contribution in [0.4, 0.5) is 10.8 Å². The zero-order valence-electron chi connectivity index (χ0n) is 13.9. The Balaban J connectivity index is 1.60. The maximum Gasteiger partial charge on any atom is 0.269 e. The average Bonchev–Trinajstić information content (AvgIpc) is 3.13. The molecule has 1 aromatic heterocycles. The molecule has 2 aromatic carbocycles. The topological polar surface area (TPSA) is 89.2 Å². The molecular formula is C18H13ClN4O3S. The van der Waals surface area contributed by atoms with Crippen LogP contribution >= 0.6 is 22.9 Å². The molecule has 7 nitrogen and oxygen atoms in total. The molecular weight excluding hydrogens is 388 g/mol. The summed E-state index contributed by atoms with van der Waals surface area (Å²) in [6.07, 6.45) is 0.617. The van der Waals surface area contributed by atoms with Gasteiger partial charge in [-0.3, -0.25) is 19.8 Å². The highest BCUT2D eigenvalue weighted by Crippen LogP contribution is 2.43. The van der Waals surface area contributed by atoms with Crippen LogP contribution in [0.3, 0.4) is 0 Å². The number of amides is 1. The van der Waals surface area contributed by atoms with Crippen LogP contribution in [0.15, 0.2) is 54.6 Å². The molecule has 0 N–H and O–H groups in total. The molecule has 1 aliphatic heterocycles. The van der Waals surface area contributed by atoms with E-state index in [1.807, 2.05) is 30.3 Å². The van der Waals surface area contributed by atoms with Gasteiger partial charge in [-0.2, -0.15) is 0 Å². The minimum Gasteiger partial charge on any atom is -0.276 e. The lowest BCUT2D eigenvalue weighted by molar-refractivity contribution is -0.384. The van der Waals surface area contributed by atoms with Gasteiger partial charge in [-0.05, 0) is 11.1 Å². The number of alkyl halides is 1. The van der Waals surface area contributed by atoms with Gasteiger partial charge < -0.3 is 0 Å². The van der Waals surface area contributed by atoms with Crippen LogP contribution < -0.4 is 4.90 Å². The van der Waals surface area contributed by atoms with Gasteiger partial charge in [0.15, 0.2) is 0 Å². The summed E-state index contributed by atoms with van der Waals surface area (Å²) < 4.78 is 0. The van der Waals surface area contributed by atoms with Crippen LogP contribution in [-0.4, -0.2) is 26.4 Å². The molecule has 3 aromatic rings. The Hall–Kier alpha value is -2.84. The number of nitro groups is 1. The van der Waals surface area contributed by atoms with Gasteiger partial charge in [0.2, 0.25) is 11.0 Å². The van der Waals surface area contributed by atoms with Crippen molar-refractivity contribution in [2.24, 2.45) is 0 Å². The smallest absolute Gasteiger partial charge is 0.269 e. The van der Waals surface area contributed by atoms with Crippen molar-refractivity contribution in [3.63, 3.8) is 0 Å². The zero-order valence-corrected chi connectivity index (χ0v) is 15.4. The van der Waals surface area contributed by atoms with E-state index in [1.165, 1.54) is 28.4 Å². The third kappa shape index (κ3) is 3.29. The standard InChI is InChI=1S/C18H13ClN4O3S/c19-15-16(12-7-4-8-13(10-12)23(25)26)22(17(15)24)18-21-20-14(27-18)9-11-5-2-1-3-6-11/h1-8,10,15-16H,9H2. The van der Waals surface area contributed by atoms with E-state index < -0.39 is 16.3 Å². The number of β-lactam (4-membered cyclic amide) rings is 1. The van der Waals surface area contributed by atoms with Crippen molar-refractivity contribution in [2.75, 3.05) is 4.90 Å². The summed E-state index contributed by atoms with van der Waals surface area (Å²) in [5.74, 6) is -0.282. The molecule has 0 aliphatic carbocycles. The Bertz CT molecular complexity index is 1010. The second kappa shape index (κ2) is 7.05. The fourth-order valence-corrected chi connectivity index (χ4v) is 4.27. The second-order valence-corrected chi connectivity index (χ2v) is 7.56. The minimum absolute atomic E-state index is 0.0438. The number of rotatable bonds is 5. The number of hydrogen-bond acceptors (Lipinski definition) is 6. The SMILES string of the molecule is O=C1C(Cl)C(c2cccc([N+](=O)[O-])c2)N1c1nnc(Cc2ccccc2)s1. The first kappa shape index (κ1) is 17.6. The monoisotopic (exact) mass is 400 g/mol. The van der Waals surface area contributed by atoms with Crippen LogP contribution in [0.5, 0.6) is 0 Å². The molecule has 136 valence electrons. The number of carbonyl (C=O) groups is 1. The van der Waals surface area contributed by atoms with E-state index in [-0.39, 0.29) is 11.6 Å². The predicted molar refractivity (Wildman–Crippen MR) is 102 cm³/mol. The highest BCUT2D eigenvalue weighted by atomic mass is 35.5. The molecule has 0 radical (unpaired) electrons. The molecule has 1 amide bonds. The number of hydrogen-bond donors (Lipinski definition) is 0. The first-order valence-electron chi connectivity index (χ1n) is 8.12. The number of anilines is 1. The van der Waals surface area contributed by atoms with Gasteiger partial charge >= 0.3 is 0 Å². The molecule has 0 bridgehead atoms. The highest BCUT2D eigenvalue weighted by molar-refractivity contribution is 7.15. The Labute approximate surface area is 163 Å². The number of aromatic nitrogens is 2. The molecule has 1 aliphatic rings. The highest BCUT2D eigenvalue weighted by Gasteiger charge is 2.49. The normalized spacial score (nSPS) is 19.0. The van der Waals surface area contributed by atoms with Crippen molar-refractivity contribution in [3.05, 3.63) is 80.8 Å². The van der Waals surface area contributed by atoms with Gasteiger partial charge in [0, 0.05) is 18.6 Å². The van der Waals surface area contributed by atoms with E-state index in [1.54, 1.807) is 12.1 Å². The number of non-ortho nitro benzene ring substituents is 1. The third-order valence-electron chi connectivity index (χ3n) is 4.31. The van der Waals surface area contributed by atoms with Gasteiger partial charge in [-0.25, -0.2) is 0 Å². The van der Waals surface area contributed by atoms with Crippen LogP contribution in [-0.2, 0) is 11.2 Å². The fraction of sp³-hybridized carbons (Fsp3) is 0.167. The van der Waals surface area contributed by atoms with Crippen molar-refractivity contribution in [2.45, 2.75) is 17.8 Å². The van der Waals surface area contributed by atoms with Gasteiger partial charge in [0.1, 0.15) is 10.4 Å². The van der Waals surface area contributed by atoms with Crippen LogP contribution in [0, 0.1) is 10.1 Å². The second-order valence-electron chi connectivity index (χ2n) is 6.05. The van der Waals surface area contributed by atoms with E-state index in [2.05, 4.69) is 10.2 Å². The average molecular weight is 401 g/mol. The van der Waals surface area contributed by atoms with E-state index in [0.717, 1.165) is 10.6 Å². The summed E-state index contributed by atoms with van der Waals surface area (Å²) in [7, 11) is 0. The number of nitro benzene ring substituents is 1. The maximum atomic E-state index is 12.3. The fourth-order valence-electron chi connectivity index (χ4n) is 2.99. The van der Waals surface area contributed by atoms with Crippen LogP contribution in [0.1, 0.15) is 22.2 Å². The summed E-state index contributed by atoms with van der Waals surface area (Å²) in [6.45, 7) is 0. The summed E-state index contributed by atoms with van der Waals surface area (Å²) >= 11 is 7.53. The number of nitrogens with zero attached hydrogens (tertiary/aromatic N) is 4. The molecule has 27 heavy (non-hydrogen) atoms. The molecule has 2 heterocycles. The quantitative estimate of drug-likeness (QED) is 0.282. The molecule has 0 saturated carbocycles. The minimum atomic E-state index is -0.784. The van der Waals surface area contributed by atoms with Crippen LogP contribution in [0.25, 0.3) is 0 Å². The van der Waals surface area contributed by atoms with Crippen molar-refractivity contribution in [1.29, 1.82) is 0 Å². The molecule has 1 saturated heterocycles. The van der Waals surface area contributed by atoms with Gasteiger partial charge in [-0.15, -0.1) is 21.8 Å². The van der Waals surface area contributed by atoms with E-state index in [4.69, 9.17) is 11.6 Å². The number of carbonyl (C=O) groups excluding carboxylic acids is 1. The number of benzene rings is 2. The number of halogens is 1. The third-order valence-corrected chi connectivity index (χ3v) is 5.66. The van der Waals surface area contributed by atoms with Crippen molar-refractivity contribution in [1.82, 2.24) is 10.2 Å². The van der Waals surface area contributed by atoms with Crippen molar-refractivity contribution in [3.8, 4) is 0 Å². The molecule has 2 unspecified atom stereocenters. The first-order valence-corrected chi connectivity index (χ1v) is 9.37. The Morgan fingerprint density at radius 1 is 1.15 bits per heavy atom. The summed E-state index contributed by atoms with van der Waals surface area (Å²) in [6, 6.07) is 15.5. The van der Waals surface area contributed by atoms with E-state index in [9.17, 15) is 14.9 Å². The van der Waals surface area contributed by atoms with Crippen LogP contribution in [0.2, 0.25) is 0 Å². The largest absolute Gasteiger partial charge is 0.276 e. The van der Waals surface area contributed by atoms with Gasteiger partial charge in [-0.1, -0.05) is 53.8 Å². The Morgan fingerprint density at radius 2 is 1.93 bits per heavy atom. The predicted octanol–water partition coefficient (Wildman–Crippen LogP) is 3.73. The molecule has 9 heteroatoms. The molecule has 0 spiro atoms. The zero-order chi connectivity index (χ0) is 19.0. The van der Waals surface area contributed by atoms with Gasteiger partial charge in [0.25, 0.3) is 5.69 Å². The first-order chi connectivity index (χ1) is 13.0. The summed E-state index contributed by atoms with van der Waals surface area (Å²) in [5, 5.41) is 19.8. The van der Waals surface area contributed by atoms with Crippen molar-refractivity contribution < 1.29 is 9.72 Å². The lowest BCUT2D eigenvalue weighted by Gasteiger charge is -2.42. The molecule has 1 fully saturated rings.